The van der Waals surface area contributed by atoms with E-state index in [1.54, 1.807) is 4.90 Å². The number of hydrogen-bond donors (Lipinski definition) is 1. The summed E-state index contributed by atoms with van der Waals surface area (Å²) in [4.78, 5) is 29.9. The van der Waals surface area contributed by atoms with Crippen molar-refractivity contribution in [3.05, 3.63) is 35.6 Å². The van der Waals surface area contributed by atoms with Gasteiger partial charge in [0.1, 0.15) is 5.82 Å². The summed E-state index contributed by atoms with van der Waals surface area (Å²) in [6.45, 7) is 3.90. The van der Waals surface area contributed by atoms with E-state index in [4.69, 9.17) is 4.74 Å². The Bertz CT molecular complexity index is 722. The van der Waals surface area contributed by atoms with Gasteiger partial charge in [-0.25, -0.2) is 4.39 Å². The van der Waals surface area contributed by atoms with Crippen LogP contribution in [-0.2, 0) is 9.53 Å². The van der Waals surface area contributed by atoms with Crippen molar-refractivity contribution in [2.24, 2.45) is 5.92 Å². The molecule has 2 aliphatic heterocycles. The lowest BCUT2D eigenvalue weighted by molar-refractivity contribution is -0.129. The summed E-state index contributed by atoms with van der Waals surface area (Å²) in [5.41, 5.74) is 0.506. The van der Waals surface area contributed by atoms with Crippen molar-refractivity contribution in [3.63, 3.8) is 0 Å². The molecule has 7 heteroatoms. The molecule has 0 radical (unpaired) electrons. The standard InChI is InChI=1S/C23H32FN3O3/c24-19-9-7-18(8-10-19)23(29)27-13-11-26(12-14-27)21(17-4-1-2-5-17)22(28)25-16-20-6-3-15-30-20/h7-10,17,20-21H,1-6,11-16H2,(H,25,28)/t20-,21-/m1/s1. The molecule has 1 saturated carbocycles. The van der Waals surface area contributed by atoms with Gasteiger partial charge in [-0.3, -0.25) is 14.5 Å². The number of carbonyl (C=O) groups excluding carboxylic acids is 2. The van der Waals surface area contributed by atoms with Crippen LogP contribution in [0.3, 0.4) is 0 Å². The molecule has 1 aromatic carbocycles. The number of ether oxygens (including phenoxy) is 1. The van der Waals surface area contributed by atoms with E-state index in [2.05, 4.69) is 10.2 Å². The van der Waals surface area contributed by atoms with Gasteiger partial charge < -0.3 is 15.0 Å². The van der Waals surface area contributed by atoms with Gasteiger partial charge in [0.2, 0.25) is 5.91 Å². The fourth-order valence-corrected chi connectivity index (χ4v) is 5.05. The molecule has 1 aromatic rings. The zero-order valence-corrected chi connectivity index (χ0v) is 17.5. The summed E-state index contributed by atoms with van der Waals surface area (Å²) in [5, 5.41) is 3.14. The van der Waals surface area contributed by atoms with E-state index in [9.17, 15) is 14.0 Å². The molecule has 1 aliphatic carbocycles. The number of nitrogens with one attached hydrogen (secondary N) is 1. The molecule has 0 aromatic heterocycles. The number of rotatable bonds is 6. The first-order valence-corrected chi connectivity index (χ1v) is 11.3. The minimum absolute atomic E-state index is 0.0742. The molecule has 30 heavy (non-hydrogen) atoms. The van der Waals surface area contributed by atoms with Crippen molar-refractivity contribution < 1.29 is 18.7 Å². The lowest BCUT2D eigenvalue weighted by Gasteiger charge is -2.41. The van der Waals surface area contributed by atoms with Gasteiger partial charge >= 0.3 is 0 Å². The lowest BCUT2D eigenvalue weighted by atomic mass is 9.94. The number of amides is 2. The van der Waals surface area contributed by atoms with Gasteiger partial charge in [0.15, 0.2) is 0 Å². The zero-order chi connectivity index (χ0) is 20.9. The topological polar surface area (TPSA) is 61.9 Å². The third kappa shape index (κ3) is 5.01. The Kier molecular flexibility index (Phi) is 7.00. The van der Waals surface area contributed by atoms with Crippen molar-refractivity contribution in [1.82, 2.24) is 15.1 Å². The fourth-order valence-electron chi connectivity index (χ4n) is 5.05. The van der Waals surface area contributed by atoms with Gasteiger partial charge in [-0.05, 0) is 55.9 Å². The predicted molar refractivity (Wildman–Crippen MR) is 112 cm³/mol. The van der Waals surface area contributed by atoms with E-state index in [1.165, 1.54) is 37.1 Å². The highest BCUT2D eigenvalue weighted by Crippen LogP contribution is 2.31. The van der Waals surface area contributed by atoms with Crippen molar-refractivity contribution in [1.29, 1.82) is 0 Å². The maximum Gasteiger partial charge on any atom is 0.253 e. The number of piperazine rings is 1. The molecule has 2 amide bonds. The number of hydrogen-bond acceptors (Lipinski definition) is 4. The van der Waals surface area contributed by atoms with E-state index in [1.807, 2.05) is 0 Å². The molecule has 164 valence electrons. The first-order valence-electron chi connectivity index (χ1n) is 11.3. The molecule has 3 fully saturated rings. The van der Waals surface area contributed by atoms with E-state index in [0.717, 1.165) is 32.3 Å². The molecule has 4 rings (SSSR count). The summed E-state index contributed by atoms with van der Waals surface area (Å²) >= 11 is 0. The summed E-state index contributed by atoms with van der Waals surface area (Å²) in [7, 11) is 0. The minimum atomic E-state index is -0.343. The lowest BCUT2D eigenvalue weighted by Crippen LogP contribution is -2.58. The summed E-state index contributed by atoms with van der Waals surface area (Å²) in [5.74, 6) is 0.0734. The van der Waals surface area contributed by atoms with Gasteiger partial charge in [-0.2, -0.15) is 0 Å². The molecule has 6 nitrogen and oxygen atoms in total. The van der Waals surface area contributed by atoms with Crippen LogP contribution in [0.5, 0.6) is 0 Å². The molecular weight excluding hydrogens is 385 g/mol. The van der Waals surface area contributed by atoms with Crippen LogP contribution in [0.2, 0.25) is 0 Å². The van der Waals surface area contributed by atoms with Crippen LogP contribution in [0.25, 0.3) is 0 Å². The molecule has 2 saturated heterocycles. The molecule has 2 atom stereocenters. The van der Waals surface area contributed by atoms with E-state index < -0.39 is 0 Å². The smallest absolute Gasteiger partial charge is 0.253 e. The van der Waals surface area contributed by atoms with Crippen molar-refractivity contribution in [2.75, 3.05) is 39.3 Å². The highest BCUT2D eigenvalue weighted by atomic mass is 19.1. The largest absolute Gasteiger partial charge is 0.376 e. The van der Waals surface area contributed by atoms with Gasteiger partial charge in [0, 0.05) is 44.9 Å². The maximum atomic E-state index is 13.1. The van der Waals surface area contributed by atoms with Crippen LogP contribution < -0.4 is 5.32 Å². The number of benzene rings is 1. The Morgan fingerprint density at radius 1 is 1.03 bits per heavy atom. The number of halogens is 1. The summed E-state index contributed by atoms with van der Waals surface area (Å²) in [6.07, 6.45) is 6.77. The second-order valence-corrected chi connectivity index (χ2v) is 8.70. The summed E-state index contributed by atoms with van der Waals surface area (Å²) < 4.78 is 18.8. The third-order valence-corrected chi connectivity index (χ3v) is 6.73. The normalized spacial score (nSPS) is 24.2. The molecule has 0 spiro atoms. The monoisotopic (exact) mass is 417 g/mol. The molecule has 3 aliphatic rings. The Balaban J connectivity index is 1.35. The highest BCUT2D eigenvalue weighted by Gasteiger charge is 2.37. The van der Waals surface area contributed by atoms with Crippen LogP contribution >= 0.6 is 0 Å². The predicted octanol–water partition coefficient (Wildman–Crippen LogP) is 2.44. The Labute approximate surface area is 177 Å². The second-order valence-electron chi connectivity index (χ2n) is 8.70. The van der Waals surface area contributed by atoms with Gasteiger partial charge in [-0.1, -0.05) is 12.8 Å². The van der Waals surface area contributed by atoms with E-state index >= 15 is 0 Å². The number of carbonyl (C=O) groups is 2. The van der Waals surface area contributed by atoms with Crippen LogP contribution in [-0.4, -0.2) is 73.1 Å². The van der Waals surface area contributed by atoms with E-state index in [-0.39, 0.29) is 29.8 Å². The fraction of sp³-hybridized carbons (Fsp3) is 0.652. The minimum Gasteiger partial charge on any atom is -0.376 e. The first-order chi connectivity index (χ1) is 14.6. The molecule has 0 unspecified atom stereocenters. The van der Waals surface area contributed by atoms with Crippen molar-refractivity contribution in [3.8, 4) is 0 Å². The van der Waals surface area contributed by atoms with Crippen LogP contribution in [0.15, 0.2) is 24.3 Å². The van der Waals surface area contributed by atoms with Crippen LogP contribution in [0, 0.1) is 11.7 Å². The van der Waals surface area contributed by atoms with Gasteiger partial charge in [-0.15, -0.1) is 0 Å². The van der Waals surface area contributed by atoms with Crippen LogP contribution in [0.1, 0.15) is 48.9 Å². The summed E-state index contributed by atoms with van der Waals surface area (Å²) in [6, 6.07) is 5.57. The quantitative estimate of drug-likeness (QED) is 0.772. The average molecular weight is 418 g/mol. The van der Waals surface area contributed by atoms with Crippen molar-refractivity contribution in [2.45, 2.75) is 50.7 Å². The molecule has 2 heterocycles. The maximum absolute atomic E-state index is 13.1. The Morgan fingerprint density at radius 2 is 1.73 bits per heavy atom. The SMILES string of the molecule is O=C(NC[C@H]1CCCO1)[C@@H](C1CCCC1)N1CCN(C(=O)c2ccc(F)cc2)CC1. The molecular formula is C23H32FN3O3. The van der Waals surface area contributed by atoms with Crippen LogP contribution in [0.4, 0.5) is 4.39 Å². The average Bonchev–Trinajstić information content (AvgIpc) is 3.48. The Morgan fingerprint density at radius 3 is 2.37 bits per heavy atom. The molecule has 0 bridgehead atoms. The zero-order valence-electron chi connectivity index (χ0n) is 17.5. The first kappa shape index (κ1) is 21.2. The second kappa shape index (κ2) is 9.88. The van der Waals surface area contributed by atoms with E-state index in [0.29, 0.717) is 44.2 Å². The van der Waals surface area contributed by atoms with Crippen molar-refractivity contribution >= 4 is 11.8 Å². The Hall–Kier alpha value is -1.99. The number of nitrogens with zero attached hydrogens (tertiary/aromatic N) is 2. The third-order valence-electron chi connectivity index (χ3n) is 6.73. The highest BCUT2D eigenvalue weighted by molar-refractivity contribution is 5.94. The van der Waals surface area contributed by atoms with Gasteiger partial charge in [0.05, 0.1) is 12.1 Å². The van der Waals surface area contributed by atoms with Gasteiger partial charge in [0.25, 0.3) is 5.91 Å². The molecule has 1 N–H and O–H groups in total.